The summed E-state index contributed by atoms with van der Waals surface area (Å²) in [4.78, 5) is 8.02. The summed E-state index contributed by atoms with van der Waals surface area (Å²) in [6, 6.07) is 12.0. The number of phenols is 1. The molecule has 3 aromatic rings. The SMILES string of the molecule is N#Cc1ccc(C#Cc2ccc(O)cc2Cl)c(-c2cncnc2)c1. The van der Waals surface area contributed by atoms with Crippen LogP contribution in [0, 0.1) is 23.2 Å². The largest absolute Gasteiger partial charge is 0.508 e. The van der Waals surface area contributed by atoms with Crippen molar-refractivity contribution in [3.63, 3.8) is 0 Å². The molecule has 4 nitrogen and oxygen atoms in total. The Kier molecular flexibility index (Phi) is 4.43. The van der Waals surface area contributed by atoms with Gasteiger partial charge in [-0.25, -0.2) is 9.97 Å². The molecule has 0 aliphatic heterocycles. The highest BCUT2D eigenvalue weighted by atomic mass is 35.5. The quantitative estimate of drug-likeness (QED) is 0.689. The van der Waals surface area contributed by atoms with Gasteiger partial charge in [-0.3, -0.25) is 0 Å². The molecule has 0 aliphatic carbocycles. The maximum atomic E-state index is 9.40. The predicted molar refractivity (Wildman–Crippen MR) is 91.3 cm³/mol. The first-order valence-electron chi connectivity index (χ1n) is 6.97. The summed E-state index contributed by atoms with van der Waals surface area (Å²) in [5, 5.41) is 18.9. The van der Waals surface area contributed by atoms with Crippen LogP contribution in [0.25, 0.3) is 11.1 Å². The first kappa shape index (κ1) is 15.6. The number of hydrogen-bond acceptors (Lipinski definition) is 4. The van der Waals surface area contributed by atoms with E-state index in [0.717, 1.165) is 16.7 Å². The summed E-state index contributed by atoms with van der Waals surface area (Å²) < 4.78 is 0. The van der Waals surface area contributed by atoms with Gasteiger partial charge < -0.3 is 5.11 Å². The highest BCUT2D eigenvalue weighted by molar-refractivity contribution is 6.31. The summed E-state index contributed by atoms with van der Waals surface area (Å²) in [6.07, 6.45) is 4.78. The van der Waals surface area contributed by atoms with E-state index in [-0.39, 0.29) is 5.75 Å². The fraction of sp³-hybridized carbons (Fsp3) is 0. The maximum absolute atomic E-state index is 9.40. The van der Waals surface area contributed by atoms with E-state index in [2.05, 4.69) is 27.9 Å². The minimum Gasteiger partial charge on any atom is -0.508 e. The van der Waals surface area contributed by atoms with Crippen molar-refractivity contribution in [3.05, 3.63) is 76.8 Å². The third-order valence-corrected chi connectivity index (χ3v) is 3.62. The fourth-order valence-corrected chi connectivity index (χ4v) is 2.36. The molecule has 1 aromatic heterocycles. The number of nitriles is 1. The Morgan fingerprint density at radius 3 is 2.38 bits per heavy atom. The van der Waals surface area contributed by atoms with Crippen LogP contribution >= 0.6 is 11.6 Å². The molecule has 1 heterocycles. The van der Waals surface area contributed by atoms with Crippen LogP contribution in [-0.4, -0.2) is 15.1 Å². The zero-order chi connectivity index (χ0) is 16.9. The van der Waals surface area contributed by atoms with Gasteiger partial charge in [-0.15, -0.1) is 0 Å². The van der Waals surface area contributed by atoms with Crippen molar-refractivity contribution in [3.8, 4) is 34.8 Å². The van der Waals surface area contributed by atoms with Crippen molar-refractivity contribution in [2.45, 2.75) is 0 Å². The van der Waals surface area contributed by atoms with Crippen molar-refractivity contribution < 1.29 is 5.11 Å². The van der Waals surface area contributed by atoms with Gasteiger partial charge in [-0.1, -0.05) is 23.4 Å². The van der Waals surface area contributed by atoms with Crippen LogP contribution in [0.4, 0.5) is 0 Å². The third-order valence-electron chi connectivity index (χ3n) is 3.30. The fourth-order valence-electron chi connectivity index (χ4n) is 2.14. The van der Waals surface area contributed by atoms with Crippen molar-refractivity contribution in [2.75, 3.05) is 0 Å². The molecule has 24 heavy (non-hydrogen) atoms. The van der Waals surface area contributed by atoms with Crippen LogP contribution in [0.1, 0.15) is 16.7 Å². The smallest absolute Gasteiger partial charge is 0.117 e. The average Bonchev–Trinajstić information content (AvgIpc) is 2.61. The van der Waals surface area contributed by atoms with Crippen LogP contribution in [0.15, 0.2) is 55.1 Å². The Balaban J connectivity index is 2.09. The Morgan fingerprint density at radius 1 is 0.958 bits per heavy atom. The van der Waals surface area contributed by atoms with Crippen LogP contribution in [0.3, 0.4) is 0 Å². The molecule has 0 saturated heterocycles. The molecule has 0 saturated carbocycles. The first-order chi connectivity index (χ1) is 11.7. The third kappa shape index (κ3) is 3.35. The van der Waals surface area contributed by atoms with E-state index in [4.69, 9.17) is 16.9 Å². The summed E-state index contributed by atoms with van der Waals surface area (Å²) >= 11 is 6.07. The minimum absolute atomic E-state index is 0.0889. The highest BCUT2D eigenvalue weighted by Crippen LogP contribution is 2.24. The molecule has 0 radical (unpaired) electrons. The first-order valence-corrected chi connectivity index (χ1v) is 7.35. The molecule has 0 amide bonds. The Hall–Kier alpha value is -3.34. The topological polar surface area (TPSA) is 69.8 Å². The number of hydrogen-bond donors (Lipinski definition) is 1. The van der Waals surface area contributed by atoms with E-state index >= 15 is 0 Å². The molecule has 2 aromatic carbocycles. The lowest BCUT2D eigenvalue weighted by atomic mass is 9.99. The summed E-state index contributed by atoms with van der Waals surface area (Å²) in [5.74, 6) is 6.13. The van der Waals surface area contributed by atoms with Crippen molar-refractivity contribution in [1.82, 2.24) is 9.97 Å². The van der Waals surface area contributed by atoms with Gasteiger partial charge in [0.05, 0.1) is 16.7 Å². The number of nitrogens with zero attached hydrogens (tertiary/aromatic N) is 3. The second-order valence-corrected chi connectivity index (χ2v) is 5.32. The van der Waals surface area contributed by atoms with E-state index < -0.39 is 0 Å². The van der Waals surface area contributed by atoms with Gasteiger partial charge in [-0.05, 0) is 36.4 Å². The van der Waals surface area contributed by atoms with Gasteiger partial charge in [0.25, 0.3) is 0 Å². The molecule has 0 aliphatic rings. The van der Waals surface area contributed by atoms with E-state index in [9.17, 15) is 5.11 Å². The molecule has 0 atom stereocenters. The predicted octanol–water partition coefficient (Wildman–Crippen LogP) is 3.77. The zero-order valence-electron chi connectivity index (χ0n) is 12.4. The van der Waals surface area contributed by atoms with Crippen LogP contribution in [0.2, 0.25) is 5.02 Å². The average molecular weight is 332 g/mol. The Labute approximate surface area is 144 Å². The van der Waals surface area contributed by atoms with E-state index in [1.807, 2.05) is 0 Å². The van der Waals surface area contributed by atoms with Crippen LogP contribution in [0.5, 0.6) is 5.75 Å². The van der Waals surface area contributed by atoms with Gasteiger partial charge in [0, 0.05) is 34.6 Å². The molecule has 1 N–H and O–H groups in total. The number of halogens is 1. The lowest BCUT2D eigenvalue weighted by Crippen LogP contribution is -1.89. The summed E-state index contributed by atoms with van der Waals surface area (Å²) in [5.41, 5.74) is 3.41. The number of rotatable bonds is 1. The molecule has 114 valence electrons. The maximum Gasteiger partial charge on any atom is 0.117 e. The van der Waals surface area contributed by atoms with E-state index in [0.29, 0.717) is 16.1 Å². The summed E-state index contributed by atoms with van der Waals surface area (Å²) in [6.45, 7) is 0. The molecule has 3 rings (SSSR count). The Morgan fingerprint density at radius 2 is 1.67 bits per heavy atom. The van der Waals surface area contributed by atoms with Gasteiger partial charge in [0.2, 0.25) is 0 Å². The molecular weight excluding hydrogens is 322 g/mol. The van der Waals surface area contributed by atoms with Gasteiger partial charge >= 0.3 is 0 Å². The van der Waals surface area contributed by atoms with E-state index in [1.54, 1.807) is 36.7 Å². The van der Waals surface area contributed by atoms with Gasteiger partial charge in [0.1, 0.15) is 12.1 Å². The lowest BCUT2D eigenvalue weighted by Gasteiger charge is -2.04. The van der Waals surface area contributed by atoms with Crippen LogP contribution < -0.4 is 0 Å². The normalized spacial score (nSPS) is 9.67. The van der Waals surface area contributed by atoms with Crippen molar-refractivity contribution >= 4 is 11.6 Å². The van der Waals surface area contributed by atoms with E-state index in [1.165, 1.54) is 18.5 Å². The van der Waals surface area contributed by atoms with Gasteiger partial charge in [-0.2, -0.15) is 5.26 Å². The monoisotopic (exact) mass is 331 g/mol. The molecular formula is C19H10ClN3O. The molecule has 0 bridgehead atoms. The minimum atomic E-state index is 0.0889. The molecule has 5 heteroatoms. The zero-order valence-corrected chi connectivity index (χ0v) is 13.1. The number of aromatic nitrogens is 2. The number of aromatic hydroxyl groups is 1. The second-order valence-electron chi connectivity index (χ2n) is 4.91. The lowest BCUT2D eigenvalue weighted by molar-refractivity contribution is 0.475. The number of benzene rings is 2. The van der Waals surface area contributed by atoms with Crippen molar-refractivity contribution in [2.24, 2.45) is 0 Å². The molecule has 0 spiro atoms. The van der Waals surface area contributed by atoms with Gasteiger partial charge in [0.15, 0.2) is 0 Å². The highest BCUT2D eigenvalue weighted by Gasteiger charge is 2.06. The molecule has 0 fully saturated rings. The van der Waals surface area contributed by atoms with Crippen LogP contribution in [-0.2, 0) is 0 Å². The Bertz CT molecular complexity index is 999. The summed E-state index contributed by atoms with van der Waals surface area (Å²) in [7, 11) is 0. The number of phenolic OH excluding ortho intramolecular Hbond substituents is 1. The standard InChI is InChI=1S/C19H10ClN3O/c20-19-8-17(24)6-5-15(19)4-3-14-2-1-13(9-21)7-18(14)16-10-22-12-23-11-16/h1-2,5-8,10-12,24H. The van der Waals surface area contributed by atoms with Crippen molar-refractivity contribution in [1.29, 1.82) is 5.26 Å². The second kappa shape index (κ2) is 6.83. The molecule has 0 unspecified atom stereocenters.